The SMILES string of the molecule is O=C(Cc1cn2c(n1)CCCC2)Nc1ccn(CCCO)n1. The first-order valence-electron chi connectivity index (χ1n) is 7.73. The fourth-order valence-corrected chi connectivity index (χ4v) is 2.69. The predicted molar refractivity (Wildman–Crippen MR) is 81.4 cm³/mol. The number of carbonyl (C=O) groups excluding carboxylic acids is 1. The molecule has 3 heterocycles. The molecule has 0 aliphatic carbocycles. The van der Waals surface area contributed by atoms with Crippen LogP contribution >= 0.6 is 0 Å². The Bertz CT molecular complexity index is 623. The lowest BCUT2D eigenvalue weighted by atomic mass is 10.2. The van der Waals surface area contributed by atoms with Crippen molar-refractivity contribution in [2.45, 2.75) is 45.2 Å². The zero-order chi connectivity index (χ0) is 15.4. The smallest absolute Gasteiger partial charge is 0.231 e. The molecule has 2 aromatic rings. The molecule has 7 heteroatoms. The highest BCUT2D eigenvalue weighted by molar-refractivity contribution is 5.91. The molecule has 0 bridgehead atoms. The third-order valence-electron chi connectivity index (χ3n) is 3.75. The van der Waals surface area contributed by atoms with Crippen molar-refractivity contribution in [3.05, 3.63) is 30.0 Å². The second-order valence-electron chi connectivity index (χ2n) is 5.57. The molecule has 0 fully saturated rings. The van der Waals surface area contributed by atoms with Gasteiger partial charge in [0, 0.05) is 44.6 Å². The summed E-state index contributed by atoms with van der Waals surface area (Å²) in [5, 5.41) is 15.8. The molecule has 1 aliphatic rings. The third kappa shape index (κ3) is 3.54. The van der Waals surface area contributed by atoms with Crippen LogP contribution in [-0.2, 0) is 30.7 Å². The Morgan fingerprint density at radius 1 is 1.41 bits per heavy atom. The molecule has 2 N–H and O–H groups in total. The van der Waals surface area contributed by atoms with Crippen LogP contribution in [-0.4, -0.2) is 37.0 Å². The van der Waals surface area contributed by atoms with Gasteiger partial charge in [-0.1, -0.05) is 0 Å². The molecule has 0 atom stereocenters. The van der Waals surface area contributed by atoms with Gasteiger partial charge in [0.1, 0.15) is 5.82 Å². The molecule has 3 rings (SSSR count). The van der Waals surface area contributed by atoms with Gasteiger partial charge in [-0.15, -0.1) is 0 Å². The first-order valence-corrected chi connectivity index (χ1v) is 7.73. The van der Waals surface area contributed by atoms with Crippen LogP contribution in [0.3, 0.4) is 0 Å². The van der Waals surface area contributed by atoms with E-state index in [1.165, 1.54) is 12.8 Å². The number of nitrogens with zero attached hydrogens (tertiary/aromatic N) is 4. The molecule has 118 valence electrons. The molecular formula is C15H21N5O2. The van der Waals surface area contributed by atoms with Crippen molar-refractivity contribution in [2.24, 2.45) is 0 Å². The molecular weight excluding hydrogens is 282 g/mol. The minimum Gasteiger partial charge on any atom is -0.396 e. The number of rotatable bonds is 6. The Balaban J connectivity index is 1.55. The summed E-state index contributed by atoms with van der Waals surface area (Å²) < 4.78 is 3.86. The first kappa shape index (κ1) is 14.8. The van der Waals surface area contributed by atoms with Crippen LogP contribution in [0.25, 0.3) is 0 Å². The second kappa shape index (κ2) is 6.74. The quantitative estimate of drug-likeness (QED) is 0.833. The van der Waals surface area contributed by atoms with Crippen LogP contribution in [0.15, 0.2) is 18.5 Å². The average Bonchev–Trinajstić information content (AvgIpc) is 3.10. The lowest BCUT2D eigenvalue weighted by Gasteiger charge is -2.11. The van der Waals surface area contributed by atoms with Crippen LogP contribution in [0.1, 0.15) is 30.8 Å². The molecule has 1 aliphatic heterocycles. The van der Waals surface area contributed by atoms with Gasteiger partial charge in [-0.3, -0.25) is 9.48 Å². The predicted octanol–water partition coefficient (Wildman–Crippen LogP) is 0.980. The van der Waals surface area contributed by atoms with Crippen molar-refractivity contribution >= 4 is 11.7 Å². The molecule has 0 unspecified atom stereocenters. The summed E-state index contributed by atoms with van der Waals surface area (Å²) in [6.07, 6.45) is 8.04. The number of aryl methyl sites for hydroxylation is 3. The Morgan fingerprint density at radius 3 is 3.14 bits per heavy atom. The van der Waals surface area contributed by atoms with E-state index in [2.05, 4.69) is 20.0 Å². The molecule has 0 saturated carbocycles. The lowest BCUT2D eigenvalue weighted by molar-refractivity contribution is -0.115. The number of aliphatic hydroxyl groups is 1. The summed E-state index contributed by atoms with van der Waals surface area (Å²) in [5.41, 5.74) is 0.814. The molecule has 2 aromatic heterocycles. The molecule has 1 amide bonds. The summed E-state index contributed by atoms with van der Waals surface area (Å²) in [4.78, 5) is 16.6. The highest BCUT2D eigenvalue weighted by Crippen LogP contribution is 2.15. The van der Waals surface area contributed by atoms with Gasteiger partial charge in [-0.05, 0) is 19.3 Å². The van der Waals surface area contributed by atoms with Gasteiger partial charge >= 0.3 is 0 Å². The normalized spacial score (nSPS) is 13.9. The summed E-state index contributed by atoms with van der Waals surface area (Å²) in [7, 11) is 0. The summed E-state index contributed by atoms with van der Waals surface area (Å²) >= 11 is 0. The number of aromatic nitrogens is 4. The van der Waals surface area contributed by atoms with Gasteiger partial charge in [-0.25, -0.2) is 4.98 Å². The number of nitrogens with one attached hydrogen (secondary N) is 1. The summed E-state index contributed by atoms with van der Waals surface area (Å²) in [6.45, 7) is 1.77. The largest absolute Gasteiger partial charge is 0.396 e. The summed E-state index contributed by atoms with van der Waals surface area (Å²) in [6, 6.07) is 1.76. The molecule has 0 radical (unpaired) electrons. The van der Waals surface area contributed by atoms with Gasteiger partial charge in [-0.2, -0.15) is 5.10 Å². The van der Waals surface area contributed by atoms with E-state index >= 15 is 0 Å². The number of hydrogen-bond donors (Lipinski definition) is 2. The molecule has 22 heavy (non-hydrogen) atoms. The molecule has 0 saturated heterocycles. The van der Waals surface area contributed by atoms with Gasteiger partial charge < -0.3 is 15.0 Å². The second-order valence-corrected chi connectivity index (χ2v) is 5.57. The maximum atomic E-state index is 12.1. The zero-order valence-corrected chi connectivity index (χ0v) is 12.5. The maximum Gasteiger partial charge on any atom is 0.231 e. The van der Waals surface area contributed by atoms with Crippen molar-refractivity contribution < 1.29 is 9.90 Å². The van der Waals surface area contributed by atoms with Crippen molar-refractivity contribution in [3.63, 3.8) is 0 Å². The number of amides is 1. The third-order valence-corrected chi connectivity index (χ3v) is 3.75. The van der Waals surface area contributed by atoms with E-state index in [-0.39, 0.29) is 18.9 Å². The van der Waals surface area contributed by atoms with E-state index < -0.39 is 0 Å². The highest BCUT2D eigenvalue weighted by Gasteiger charge is 2.14. The highest BCUT2D eigenvalue weighted by atomic mass is 16.3. The van der Waals surface area contributed by atoms with Crippen molar-refractivity contribution in [3.8, 4) is 0 Å². The van der Waals surface area contributed by atoms with Gasteiger partial charge in [0.25, 0.3) is 0 Å². The number of fused-ring (bicyclic) bond motifs is 1. The zero-order valence-electron chi connectivity index (χ0n) is 12.5. The van der Waals surface area contributed by atoms with E-state index in [0.29, 0.717) is 18.8 Å². The van der Waals surface area contributed by atoms with Crippen molar-refractivity contribution in [1.82, 2.24) is 19.3 Å². The van der Waals surface area contributed by atoms with Crippen LogP contribution < -0.4 is 5.32 Å². The molecule has 0 spiro atoms. The van der Waals surface area contributed by atoms with Crippen LogP contribution in [0.5, 0.6) is 0 Å². The number of anilines is 1. The standard InChI is InChI=1S/C15H21N5O2/c21-9-3-7-20-8-5-13(18-20)17-15(22)10-12-11-19-6-2-1-4-14(19)16-12/h5,8,11,21H,1-4,6-7,9-10H2,(H,17,18,22). The monoisotopic (exact) mass is 303 g/mol. The minimum atomic E-state index is -0.108. The first-order chi connectivity index (χ1) is 10.7. The summed E-state index contributed by atoms with van der Waals surface area (Å²) in [5.74, 6) is 1.51. The lowest BCUT2D eigenvalue weighted by Crippen LogP contribution is -2.15. The van der Waals surface area contributed by atoms with E-state index in [1.807, 2.05) is 6.20 Å². The Kier molecular flexibility index (Phi) is 4.53. The Hall–Kier alpha value is -2.15. The van der Waals surface area contributed by atoms with Crippen LogP contribution in [0.4, 0.5) is 5.82 Å². The Labute approximate surface area is 129 Å². The van der Waals surface area contributed by atoms with Crippen LogP contribution in [0, 0.1) is 0 Å². The van der Waals surface area contributed by atoms with Crippen LogP contribution in [0.2, 0.25) is 0 Å². The van der Waals surface area contributed by atoms with Gasteiger partial charge in [0.2, 0.25) is 5.91 Å². The molecule has 7 nitrogen and oxygen atoms in total. The minimum absolute atomic E-state index is 0.108. The van der Waals surface area contributed by atoms with Gasteiger partial charge in [0.05, 0.1) is 12.1 Å². The number of imidazole rings is 1. The van der Waals surface area contributed by atoms with Crippen molar-refractivity contribution in [1.29, 1.82) is 0 Å². The average molecular weight is 303 g/mol. The Morgan fingerprint density at radius 2 is 2.32 bits per heavy atom. The number of carbonyl (C=O) groups is 1. The van der Waals surface area contributed by atoms with Gasteiger partial charge in [0.15, 0.2) is 5.82 Å². The topological polar surface area (TPSA) is 85.0 Å². The fourth-order valence-electron chi connectivity index (χ4n) is 2.69. The maximum absolute atomic E-state index is 12.1. The number of hydrogen-bond acceptors (Lipinski definition) is 4. The van der Waals surface area contributed by atoms with E-state index in [0.717, 1.165) is 24.5 Å². The van der Waals surface area contributed by atoms with E-state index in [1.54, 1.807) is 16.9 Å². The fraction of sp³-hybridized carbons (Fsp3) is 0.533. The molecule has 0 aromatic carbocycles. The van der Waals surface area contributed by atoms with E-state index in [9.17, 15) is 4.79 Å². The number of aliphatic hydroxyl groups excluding tert-OH is 1. The van der Waals surface area contributed by atoms with E-state index in [4.69, 9.17) is 5.11 Å². The van der Waals surface area contributed by atoms with Crippen molar-refractivity contribution in [2.75, 3.05) is 11.9 Å².